The average Bonchev–Trinajstić information content (AvgIpc) is 3.17. The Hall–Kier alpha value is -4.17. The van der Waals surface area contributed by atoms with E-state index in [0.29, 0.717) is 39.8 Å². The molecule has 1 heterocycles. The van der Waals surface area contributed by atoms with Crippen molar-refractivity contribution in [1.29, 1.82) is 0 Å². The highest BCUT2D eigenvalue weighted by molar-refractivity contribution is 6.32. The highest BCUT2D eigenvalue weighted by Gasteiger charge is 2.25. The first-order chi connectivity index (χ1) is 16.7. The fraction of sp³-hybridized carbons (Fsp3) is 0.154. The molecule has 9 heteroatoms. The van der Waals surface area contributed by atoms with Crippen LogP contribution in [0.3, 0.4) is 0 Å². The lowest BCUT2D eigenvalue weighted by atomic mass is 10.1. The van der Waals surface area contributed by atoms with E-state index in [4.69, 9.17) is 25.8 Å². The third-order valence-corrected chi connectivity index (χ3v) is 5.56. The first-order valence-electron chi connectivity index (χ1n) is 10.6. The van der Waals surface area contributed by atoms with Gasteiger partial charge in [-0.3, -0.25) is 10.1 Å². The highest BCUT2D eigenvalue weighted by Crippen LogP contribution is 2.38. The number of nitrogens with zero attached hydrogens (tertiary/aromatic N) is 2. The zero-order valence-corrected chi connectivity index (χ0v) is 20.0. The largest absolute Gasteiger partial charge is 0.493 e. The normalized spacial score (nSPS) is 14.0. The number of cyclic esters (lactones) is 1. The minimum atomic E-state index is -0.647. The molecule has 0 unspecified atom stereocenters. The molecule has 178 valence electrons. The van der Waals surface area contributed by atoms with Crippen LogP contribution in [0.15, 0.2) is 65.3 Å². The molecule has 0 spiro atoms. The van der Waals surface area contributed by atoms with Crippen LogP contribution in [0.25, 0.3) is 6.08 Å². The quantitative estimate of drug-likeness (QED) is 0.179. The molecule has 3 aromatic carbocycles. The molecule has 8 nitrogen and oxygen atoms in total. The van der Waals surface area contributed by atoms with E-state index in [1.165, 1.54) is 25.3 Å². The highest BCUT2D eigenvalue weighted by atomic mass is 35.5. The van der Waals surface area contributed by atoms with Crippen LogP contribution >= 0.6 is 11.6 Å². The lowest BCUT2D eigenvalue weighted by Crippen LogP contribution is -2.06. The van der Waals surface area contributed by atoms with Gasteiger partial charge in [0, 0.05) is 17.2 Å². The smallest absolute Gasteiger partial charge is 0.363 e. The number of nitro groups is 1. The van der Waals surface area contributed by atoms with Crippen LogP contribution in [0.5, 0.6) is 11.5 Å². The summed E-state index contributed by atoms with van der Waals surface area (Å²) in [7, 11) is 1.50. The monoisotopic (exact) mass is 492 g/mol. The Morgan fingerprint density at radius 1 is 1.14 bits per heavy atom. The lowest BCUT2D eigenvalue weighted by Gasteiger charge is -2.13. The molecule has 4 rings (SSSR count). The van der Waals surface area contributed by atoms with Crippen molar-refractivity contribution in [1.82, 2.24) is 0 Å². The Morgan fingerprint density at radius 3 is 2.63 bits per heavy atom. The van der Waals surface area contributed by atoms with Gasteiger partial charge in [-0.15, -0.1) is 0 Å². The first-order valence-corrected chi connectivity index (χ1v) is 11.0. The van der Waals surface area contributed by atoms with E-state index in [9.17, 15) is 14.9 Å². The SMILES string of the molecule is COc1cc(/C=C2\N=C(c3ccc([N+](=O)[O-])c(C)c3)OC2=O)cc(Cl)c1OCc1cccc(C)c1. The van der Waals surface area contributed by atoms with E-state index in [-0.39, 0.29) is 17.3 Å². The van der Waals surface area contributed by atoms with Gasteiger partial charge in [-0.2, -0.15) is 0 Å². The number of hydrogen-bond donors (Lipinski definition) is 0. The topological polar surface area (TPSA) is 100 Å². The van der Waals surface area contributed by atoms with Crippen molar-refractivity contribution in [3.63, 3.8) is 0 Å². The van der Waals surface area contributed by atoms with Gasteiger partial charge < -0.3 is 14.2 Å². The van der Waals surface area contributed by atoms with Crippen molar-refractivity contribution in [2.24, 2.45) is 4.99 Å². The molecule has 0 N–H and O–H groups in total. The van der Waals surface area contributed by atoms with Gasteiger partial charge in [0.2, 0.25) is 5.90 Å². The number of esters is 1. The third kappa shape index (κ3) is 5.33. The van der Waals surface area contributed by atoms with Crippen molar-refractivity contribution < 1.29 is 23.9 Å². The van der Waals surface area contributed by atoms with Crippen LogP contribution in [0.4, 0.5) is 5.69 Å². The van der Waals surface area contributed by atoms with Gasteiger partial charge in [-0.25, -0.2) is 9.79 Å². The number of carbonyl (C=O) groups is 1. The van der Waals surface area contributed by atoms with E-state index >= 15 is 0 Å². The maximum absolute atomic E-state index is 12.4. The second kappa shape index (κ2) is 9.99. The lowest BCUT2D eigenvalue weighted by molar-refractivity contribution is -0.385. The Morgan fingerprint density at radius 2 is 1.94 bits per heavy atom. The molecule has 0 saturated carbocycles. The van der Waals surface area contributed by atoms with Gasteiger partial charge in [0.1, 0.15) is 6.61 Å². The third-order valence-electron chi connectivity index (χ3n) is 5.28. The number of carbonyl (C=O) groups excluding carboxylic acids is 1. The van der Waals surface area contributed by atoms with Gasteiger partial charge in [0.15, 0.2) is 17.2 Å². The van der Waals surface area contributed by atoms with Gasteiger partial charge in [0.05, 0.1) is 17.1 Å². The van der Waals surface area contributed by atoms with E-state index < -0.39 is 10.9 Å². The summed E-state index contributed by atoms with van der Waals surface area (Å²) in [5, 5.41) is 11.4. The number of hydrogen-bond acceptors (Lipinski definition) is 7. The molecule has 0 fully saturated rings. The molecule has 1 aliphatic rings. The summed E-state index contributed by atoms with van der Waals surface area (Å²) >= 11 is 6.47. The second-order valence-electron chi connectivity index (χ2n) is 7.91. The molecule has 0 aromatic heterocycles. The van der Waals surface area contributed by atoms with E-state index in [1.54, 1.807) is 25.1 Å². The summed E-state index contributed by atoms with van der Waals surface area (Å²) in [6.07, 6.45) is 1.52. The molecule has 0 aliphatic carbocycles. The molecule has 3 aromatic rings. The molecule has 0 radical (unpaired) electrons. The number of aliphatic imine (C=N–C) groups is 1. The van der Waals surface area contributed by atoms with Crippen LogP contribution in [0.2, 0.25) is 5.02 Å². The van der Waals surface area contributed by atoms with Crippen LogP contribution in [-0.4, -0.2) is 23.9 Å². The minimum Gasteiger partial charge on any atom is -0.493 e. The number of methoxy groups -OCH3 is 1. The summed E-state index contributed by atoms with van der Waals surface area (Å²) in [6, 6.07) is 15.6. The number of nitro benzene ring substituents is 1. The Labute approximate surface area is 206 Å². The summed E-state index contributed by atoms with van der Waals surface area (Å²) < 4.78 is 16.7. The van der Waals surface area contributed by atoms with Gasteiger partial charge in [-0.05, 0) is 55.3 Å². The molecule has 0 amide bonds. The Bertz CT molecular complexity index is 1400. The Balaban J connectivity index is 1.59. The molecular formula is C26H21ClN2O6. The fourth-order valence-electron chi connectivity index (χ4n) is 3.60. The number of ether oxygens (including phenoxy) is 3. The van der Waals surface area contributed by atoms with Gasteiger partial charge in [0.25, 0.3) is 5.69 Å². The number of halogens is 1. The standard InChI is InChI=1S/C26H21ClN2O6/c1-15-5-4-6-17(9-15)14-34-24-20(27)11-18(13-23(24)33-3)12-21-26(30)35-25(28-21)19-7-8-22(29(31)32)16(2)10-19/h4-13H,14H2,1-3H3/b21-12-. The molecule has 0 bridgehead atoms. The molecular weight excluding hydrogens is 472 g/mol. The predicted octanol–water partition coefficient (Wildman–Crippen LogP) is 5.80. The zero-order chi connectivity index (χ0) is 25.1. The maximum atomic E-state index is 12.4. The second-order valence-corrected chi connectivity index (χ2v) is 8.31. The van der Waals surface area contributed by atoms with Crippen LogP contribution in [-0.2, 0) is 16.1 Å². The van der Waals surface area contributed by atoms with Crippen molar-refractivity contribution in [3.05, 3.63) is 103 Å². The fourth-order valence-corrected chi connectivity index (χ4v) is 3.88. The average molecular weight is 493 g/mol. The summed E-state index contributed by atoms with van der Waals surface area (Å²) in [5.74, 6) is 0.206. The van der Waals surface area contributed by atoms with Crippen LogP contribution < -0.4 is 9.47 Å². The number of aryl methyl sites for hydroxylation is 2. The van der Waals surface area contributed by atoms with Crippen LogP contribution in [0, 0.1) is 24.0 Å². The van der Waals surface area contributed by atoms with E-state index in [1.807, 2.05) is 31.2 Å². The van der Waals surface area contributed by atoms with Crippen molar-refractivity contribution in [2.75, 3.05) is 7.11 Å². The molecule has 0 atom stereocenters. The predicted molar refractivity (Wildman–Crippen MR) is 132 cm³/mol. The first kappa shape index (κ1) is 24.0. The van der Waals surface area contributed by atoms with Gasteiger partial charge in [-0.1, -0.05) is 41.4 Å². The molecule has 0 saturated heterocycles. The van der Waals surface area contributed by atoms with E-state index in [2.05, 4.69) is 4.99 Å². The van der Waals surface area contributed by atoms with Gasteiger partial charge >= 0.3 is 5.97 Å². The molecule has 35 heavy (non-hydrogen) atoms. The number of rotatable bonds is 7. The molecule has 1 aliphatic heterocycles. The Kier molecular flexibility index (Phi) is 6.84. The number of benzene rings is 3. The van der Waals surface area contributed by atoms with Crippen LogP contribution in [0.1, 0.15) is 27.8 Å². The summed E-state index contributed by atoms with van der Waals surface area (Å²) in [6.45, 7) is 3.92. The summed E-state index contributed by atoms with van der Waals surface area (Å²) in [4.78, 5) is 27.2. The van der Waals surface area contributed by atoms with E-state index in [0.717, 1.165) is 11.1 Å². The summed E-state index contributed by atoms with van der Waals surface area (Å²) in [5.41, 5.74) is 3.60. The van der Waals surface area contributed by atoms with Crippen molar-refractivity contribution in [2.45, 2.75) is 20.5 Å². The van der Waals surface area contributed by atoms with Crippen molar-refractivity contribution in [3.8, 4) is 11.5 Å². The zero-order valence-electron chi connectivity index (χ0n) is 19.2. The maximum Gasteiger partial charge on any atom is 0.363 e. The van der Waals surface area contributed by atoms with Crippen molar-refractivity contribution >= 4 is 35.2 Å². The minimum absolute atomic E-state index is 0.0270.